The van der Waals surface area contributed by atoms with E-state index in [-0.39, 0.29) is 11.9 Å². The Morgan fingerprint density at radius 1 is 1.50 bits per heavy atom. The summed E-state index contributed by atoms with van der Waals surface area (Å²) in [6, 6.07) is 1.75. The van der Waals surface area contributed by atoms with Crippen LogP contribution in [0.3, 0.4) is 0 Å². The number of carbonyl (C=O) groups excluding carboxylic acids is 1. The molecule has 0 spiro atoms. The van der Waals surface area contributed by atoms with E-state index in [9.17, 15) is 4.79 Å². The number of anilines is 1. The summed E-state index contributed by atoms with van der Waals surface area (Å²) in [6.45, 7) is 3.80. The maximum absolute atomic E-state index is 12.5. The molecule has 0 aliphatic carbocycles. The molecular weight excluding hydrogens is 256 g/mol. The van der Waals surface area contributed by atoms with Crippen molar-refractivity contribution in [2.75, 3.05) is 12.3 Å². The Kier molecular flexibility index (Phi) is 3.09. The number of fused-ring (bicyclic) bond motifs is 1. The third kappa shape index (κ3) is 2.11. The monoisotopic (exact) mass is 272 g/mol. The van der Waals surface area contributed by atoms with Crippen LogP contribution in [0.1, 0.15) is 28.7 Å². The lowest BCUT2D eigenvalue weighted by molar-refractivity contribution is 0.0720. The van der Waals surface area contributed by atoms with Crippen molar-refractivity contribution in [2.45, 2.75) is 26.4 Å². The predicted octanol–water partition coefficient (Wildman–Crippen LogP) is 0.474. The maximum Gasteiger partial charge on any atom is 0.272 e. The smallest absolute Gasteiger partial charge is 0.272 e. The lowest BCUT2D eigenvalue weighted by Crippen LogP contribution is -2.37. The molecule has 0 saturated carbocycles. The van der Waals surface area contributed by atoms with Crippen LogP contribution in [0.4, 0.5) is 5.95 Å². The van der Waals surface area contributed by atoms with E-state index in [1.807, 2.05) is 6.92 Å². The highest BCUT2D eigenvalue weighted by Gasteiger charge is 2.24. The summed E-state index contributed by atoms with van der Waals surface area (Å²) < 4.78 is 1.71. The van der Waals surface area contributed by atoms with E-state index in [0.717, 1.165) is 11.3 Å². The van der Waals surface area contributed by atoms with Crippen molar-refractivity contribution < 1.29 is 4.79 Å². The second kappa shape index (κ2) is 4.92. The van der Waals surface area contributed by atoms with Gasteiger partial charge >= 0.3 is 0 Å². The molecule has 2 N–H and O–H groups in total. The van der Waals surface area contributed by atoms with E-state index in [2.05, 4.69) is 15.1 Å². The van der Waals surface area contributed by atoms with Crippen LogP contribution in [0.25, 0.3) is 0 Å². The lowest BCUT2D eigenvalue weighted by Gasteiger charge is -2.28. The first-order chi connectivity index (χ1) is 9.69. The highest BCUT2D eigenvalue weighted by Crippen LogP contribution is 2.19. The van der Waals surface area contributed by atoms with Crippen molar-refractivity contribution >= 4 is 11.9 Å². The molecule has 0 atom stereocenters. The van der Waals surface area contributed by atoms with Crippen molar-refractivity contribution in [3.05, 3.63) is 35.4 Å². The second-order valence-corrected chi connectivity index (χ2v) is 4.71. The molecule has 0 unspecified atom stereocenters. The van der Waals surface area contributed by atoms with E-state index in [0.29, 0.717) is 31.7 Å². The number of nitrogens with two attached hydrogens (primary N) is 1. The summed E-state index contributed by atoms with van der Waals surface area (Å²) >= 11 is 0. The highest BCUT2D eigenvalue weighted by molar-refractivity contribution is 5.92. The molecule has 3 rings (SSSR count). The minimum absolute atomic E-state index is 0.00757. The largest absolute Gasteiger partial charge is 0.368 e. The molecule has 0 aromatic carbocycles. The van der Waals surface area contributed by atoms with Gasteiger partial charge in [-0.3, -0.25) is 9.48 Å². The van der Waals surface area contributed by atoms with Gasteiger partial charge < -0.3 is 10.6 Å². The molecule has 20 heavy (non-hydrogen) atoms. The normalized spacial score (nSPS) is 14.2. The van der Waals surface area contributed by atoms with Gasteiger partial charge in [-0.2, -0.15) is 5.10 Å². The Labute approximate surface area is 116 Å². The summed E-state index contributed by atoms with van der Waals surface area (Å²) in [5, 5.41) is 4.13. The van der Waals surface area contributed by atoms with E-state index >= 15 is 0 Å². The topological polar surface area (TPSA) is 89.9 Å². The molecule has 1 aliphatic heterocycles. The van der Waals surface area contributed by atoms with Crippen LogP contribution in [0.2, 0.25) is 0 Å². The Morgan fingerprint density at radius 3 is 3.15 bits per heavy atom. The molecule has 3 heterocycles. The van der Waals surface area contributed by atoms with Crippen molar-refractivity contribution in [1.82, 2.24) is 24.6 Å². The number of hydrogen-bond acceptors (Lipinski definition) is 5. The summed E-state index contributed by atoms with van der Waals surface area (Å²) in [5.74, 6) is 0.277. The van der Waals surface area contributed by atoms with Crippen LogP contribution >= 0.6 is 0 Å². The summed E-state index contributed by atoms with van der Waals surface area (Å²) in [4.78, 5) is 22.5. The first kappa shape index (κ1) is 12.6. The van der Waals surface area contributed by atoms with Gasteiger partial charge in [0.05, 0.1) is 5.69 Å². The van der Waals surface area contributed by atoms with E-state index in [1.54, 1.807) is 28.0 Å². The lowest BCUT2D eigenvalue weighted by atomic mass is 10.1. The number of nitrogen functional groups attached to an aromatic ring is 1. The van der Waals surface area contributed by atoms with Crippen molar-refractivity contribution in [2.24, 2.45) is 0 Å². The average Bonchev–Trinajstić information content (AvgIpc) is 2.94. The zero-order valence-corrected chi connectivity index (χ0v) is 11.3. The Morgan fingerprint density at radius 2 is 2.35 bits per heavy atom. The van der Waals surface area contributed by atoms with Gasteiger partial charge in [0.1, 0.15) is 5.69 Å². The van der Waals surface area contributed by atoms with Gasteiger partial charge in [0.2, 0.25) is 5.95 Å². The SMILES string of the molecule is CCn1nccc1C(=O)N1CCc2nc(N)ncc2C1. The third-order valence-electron chi connectivity index (χ3n) is 3.47. The average molecular weight is 272 g/mol. The molecule has 0 bridgehead atoms. The number of nitrogens with zero attached hydrogens (tertiary/aromatic N) is 5. The van der Waals surface area contributed by atoms with Crippen LogP contribution in [0.15, 0.2) is 18.5 Å². The highest BCUT2D eigenvalue weighted by atomic mass is 16.2. The molecule has 2 aromatic rings. The molecule has 2 aromatic heterocycles. The van der Waals surface area contributed by atoms with Crippen molar-refractivity contribution in [3.63, 3.8) is 0 Å². The standard InChI is InChI=1S/C13H16N6O/c1-2-19-11(3-5-16-19)12(20)18-6-4-10-9(8-18)7-15-13(14)17-10/h3,5,7H,2,4,6,8H2,1H3,(H2,14,15,17). The van der Waals surface area contributed by atoms with E-state index < -0.39 is 0 Å². The van der Waals surface area contributed by atoms with Gasteiger partial charge in [0.15, 0.2) is 0 Å². The van der Waals surface area contributed by atoms with Crippen molar-refractivity contribution in [1.29, 1.82) is 0 Å². The quantitative estimate of drug-likeness (QED) is 0.858. The molecular formula is C13H16N6O. The van der Waals surface area contributed by atoms with Crippen LogP contribution in [-0.4, -0.2) is 37.1 Å². The molecule has 104 valence electrons. The number of amides is 1. The number of carbonyl (C=O) groups is 1. The molecule has 0 fully saturated rings. The molecule has 0 saturated heterocycles. The van der Waals surface area contributed by atoms with Gasteiger partial charge in [0, 0.05) is 44.0 Å². The van der Waals surface area contributed by atoms with Gasteiger partial charge in [-0.25, -0.2) is 9.97 Å². The second-order valence-electron chi connectivity index (χ2n) is 4.71. The number of hydrogen-bond donors (Lipinski definition) is 1. The fourth-order valence-corrected chi connectivity index (χ4v) is 2.43. The molecule has 7 heteroatoms. The van der Waals surface area contributed by atoms with E-state index in [4.69, 9.17) is 5.73 Å². The molecule has 1 amide bonds. The first-order valence-corrected chi connectivity index (χ1v) is 6.60. The van der Waals surface area contributed by atoms with Gasteiger partial charge in [0.25, 0.3) is 5.91 Å². The fourth-order valence-electron chi connectivity index (χ4n) is 2.43. The number of rotatable bonds is 2. The summed E-state index contributed by atoms with van der Waals surface area (Å²) in [6.07, 6.45) is 4.06. The van der Waals surface area contributed by atoms with Crippen LogP contribution in [-0.2, 0) is 19.5 Å². The Bertz CT molecular complexity index is 650. The predicted molar refractivity (Wildman–Crippen MR) is 72.8 cm³/mol. The zero-order chi connectivity index (χ0) is 14.1. The van der Waals surface area contributed by atoms with Crippen LogP contribution < -0.4 is 5.73 Å². The number of aromatic nitrogens is 4. The molecule has 0 radical (unpaired) electrons. The number of aryl methyl sites for hydroxylation is 1. The minimum Gasteiger partial charge on any atom is -0.368 e. The summed E-state index contributed by atoms with van der Waals surface area (Å²) in [5.41, 5.74) is 8.09. The van der Waals surface area contributed by atoms with Gasteiger partial charge in [-0.1, -0.05) is 0 Å². The van der Waals surface area contributed by atoms with Crippen LogP contribution in [0.5, 0.6) is 0 Å². The van der Waals surface area contributed by atoms with Crippen molar-refractivity contribution in [3.8, 4) is 0 Å². The third-order valence-corrected chi connectivity index (χ3v) is 3.47. The first-order valence-electron chi connectivity index (χ1n) is 6.60. The van der Waals surface area contributed by atoms with Gasteiger partial charge in [-0.15, -0.1) is 0 Å². The fraction of sp³-hybridized carbons (Fsp3) is 0.385. The molecule has 7 nitrogen and oxygen atoms in total. The Balaban J connectivity index is 1.83. The molecule has 1 aliphatic rings. The van der Waals surface area contributed by atoms with E-state index in [1.165, 1.54) is 0 Å². The van der Waals surface area contributed by atoms with Crippen LogP contribution in [0, 0.1) is 0 Å². The zero-order valence-electron chi connectivity index (χ0n) is 11.3. The Hall–Kier alpha value is -2.44. The van der Waals surface area contributed by atoms with Gasteiger partial charge in [-0.05, 0) is 13.0 Å². The summed E-state index contributed by atoms with van der Waals surface area (Å²) in [7, 11) is 0. The minimum atomic E-state index is -0.00757. The maximum atomic E-state index is 12.5.